The van der Waals surface area contributed by atoms with Crippen LogP contribution in [0.3, 0.4) is 0 Å². The lowest BCUT2D eigenvalue weighted by molar-refractivity contribution is 0.0998. The van der Waals surface area contributed by atoms with Crippen LogP contribution in [0.5, 0.6) is 5.75 Å². The normalized spacial score (nSPS) is 31.3. The van der Waals surface area contributed by atoms with Gasteiger partial charge in [0.15, 0.2) is 0 Å². The van der Waals surface area contributed by atoms with E-state index in [-0.39, 0.29) is 0 Å². The first kappa shape index (κ1) is 13.5. The Balaban J connectivity index is 1.78. The van der Waals surface area contributed by atoms with Gasteiger partial charge >= 0.3 is 0 Å². The van der Waals surface area contributed by atoms with E-state index in [1.54, 1.807) is 0 Å². The van der Waals surface area contributed by atoms with Crippen molar-refractivity contribution in [1.82, 2.24) is 0 Å². The second-order valence-corrected chi connectivity index (χ2v) is 6.34. The molecular formula is C17H23NO2. The van der Waals surface area contributed by atoms with Gasteiger partial charge < -0.3 is 9.94 Å². The Hall–Kier alpha value is -1.51. The number of benzene rings is 1. The average Bonchev–Trinajstić information content (AvgIpc) is 2.87. The van der Waals surface area contributed by atoms with E-state index < -0.39 is 0 Å². The van der Waals surface area contributed by atoms with E-state index in [1.165, 1.54) is 12.0 Å². The van der Waals surface area contributed by atoms with Crippen molar-refractivity contribution in [3.8, 4) is 5.75 Å². The molecule has 0 bridgehead atoms. The van der Waals surface area contributed by atoms with Crippen LogP contribution in [0.15, 0.2) is 23.4 Å². The van der Waals surface area contributed by atoms with E-state index in [9.17, 15) is 0 Å². The molecule has 0 amide bonds. The van der Waals surface area contributed by atoms with Gasteiger partial charge in [0.1, 0.15) is 5.75 Å². The van der Waals surface area contributed by atoms with Crippen molar-refractivity contribution < 1.29 is 9.94 Å². The van der Waals surface area contributed by atoms with E-state index in [0.717, 1.165) is 54.5 Å². The summed E-state index contributed by atoms with van der Waals surface area (Å²) in [6, 6.07) is 6.08. The molecule has 1 aromatic carbocycles. The lowest BCUT2D eigenvalue weighted by Gasteiger charge is -2.32. The van der Waals surface area contributed by atoms with Gasteiger partial charge in [0, 0.05) is 11.1 Å². The molecule has 2 aliphatic rings. The number of oxime groups is 1. The highest BCUT2D eigenvalue weighted by Gasteiger charge is 2.28. The van der Waals surface area contributed by atoms with Crippen molar-refractivity contribution in [3.05, 3.63) is 29.3 Å². The summed E-state index contributed by atoms with van der Waals surface area (Å²) < 4.78 is 6.27. The van der Waals surface area contributed by atoms with Crippen LogP contribution in [0.1, 0.15) is 50.7 Å². The third-order valence-corrected chi connectivity index (χ3v) is 5.02. The molecule has 108 valence electrons. The van der Waals surface area contributed by atoms with Crippen molar-refractivity contribution >= 4 is 5.71 Å². The molecule has 0 radical (unpaired) electrons. The average molecular weight is 273 g/mol. The monoisotopic (exact) mass is 273 g/mol. The Morgan fingerprint density at radius 2 is 2.00 bits per heavy atom. The first-order valence-electron chi connectivity index (χ1n) is 7.69. The van der Waals surface area contributed by atoms with Gasteiger partial charge in [-0.1, -0.05) is 31.1 Å². The largest absolute Gasteiger partial charge is 0.490 e. The fourth-order valence-corrected chi connectivity index (χ4v) is 3.47. The number of ether oxygens (including phenoxy) is 1. The summed E-state index contributed by atoms with van der Waals surface area (Å²) in [6.45, 7) is 4.66. The topological polar surface area (TPSA) is 41.8 Å². The third-order valence-electron chi connectivity index (χ3n) is 5.02. The van der Waals surface area contributed by atoms with E-state index >= 15 is 0 Å². The number of fused-ring (bicyclic) bond motifs is 1. The molecule has 2 aliphatic carbocycles. The number of nitrogens with zero attached hydrogens (tertiary/aromatic N) is 1. The molecule has 3 rings (SSSR count). The molecule has 0 heterocycles. The maximum atomic E-state index is 9.04. The molecule has 1 saturated carbocycles. The van der Waals surface area contributed by atoms with Gasteiger partial charge in [-0.3, -0.25) is 0 Å². The predicted octanol–water partition coefficient (Wildman–Crippen LogP) is 4.01. The highest BCUT2D eigenvalue weighted by molar-refractivity contribution is 6.04. The summed E-state index contributed by atoms with van der Waals surface area (Å²) in [4.78, 5) is 0. The summed E-state index contributed by atoms with van der Waals surface area (Å²) in [6.07, 6.45) is 5.61. The zero-order chi connectivity index (χ0) is 14.1. The van der Waals surface area contributed by atoms with Crippen molar-refractivity contribution in [2.75, 3.05) is 0 Å². The van der Waals surface area contributed by atoms with Crippen molar-refractivity contribution in [1.29, 1.82) is 0 Å². The minimum atomic E-state index is 0.336. The van der Waals surface area contributed by atoms with Gasteiger partial charge in [0.25, 0.3) is 0 Å². The number of hydrogen-bond acceptors (Lipinski definition) is 3. The lowest BCUT2D eigenvalue weighted by atomic mass is 9.80. The van der Waals surface area contributed by atoms with Crippen LogP contribution in [-0.4, -0.2) is 17.0 Å². The number of rotatable bonds is 2. The van der Waals surface area contributed by atoms with Crippen LogP contribution in [0, 0.1) is 11.8 Å². The Labute approximate surface area is 120 Å². The maximum absolute atomic E-state index is 9.04. The van der Waals surface area contributed by atoms with E-state index in [2.05, 4.69) is 25.1 Å². The molecule has 1 fully saturated rings. The molecule has 3 unspecified atom stereocenters. The van der Waals surface area contributed by atoms with Gasteiger partial charge in [-0.15, -0.1) is 0 Å². The molecule has 1 N–H and O–H groups in total. The van der Waals surface area contributed by atoms with Gasteiger partial charge in [-0.25, -0.2) is 0 Å². The molecule has 20 heavy (non-hydrogen) atoms. The van der Waals surface area contributed by atoms with Crippen molar-refractivity contribution in [2.45, 2.75) is 52.1 Å². The lowest BCUT2D eigenvalue weighted by Crippen LogP contribution is -2.29. The van der Waals surface area contributed by atoms with E-state index in [1.807, 2.05) is 12.1 Å². The molecule has 3 atom stereocenters. The zero-order valence-corrected chi connectivity index (χ0v) is 12.3. The van der Waals surface area contributed by atoms with Gasteiger partial charge in [0.2, 0.25) is 0 Å². The van der Waals surface area contributed by atoms with Crippen LogP contribution in [0.4, 0.5) is 0 Å². The Morgan fingerprint density at radius 3 is 2.75 bits per heavy atom. The second kappa shape index (κ2) is 5.47. The van der Waals surface area contributed by atoms with Crippen molar-refractivity contribution in [2.24, 2.45) is 17.0 Å². The first-order valence-corrected chi connectivity index (χ1v) is 7.69. The molecule has 0 aromatic heterocycles. The highest BCUT2D eigenvalue weighted by atomic mass is 16.5. The molecule has 3 heteroatoms. The van der Waals surface area contributed by atoms with E-state index in [4.69, 9.17) is 9.94 Å². The second-order valence-electron chi connectivity index (χ2n) is 6.34. The van der Waals surface area contributed by atoms with Crippen LogP contribution < -0.4 is 4.74 Å². The van der Waals surface area contributed by atoms with Crippen LogP contribution >= 0.6 is 0 Å². The van der Waals surface area contributed by atoms with Crippen molar-refractivity contribution in [3.63, 3.8) is 0 Å². The Morgan fingerprint density at radius 1 is 1.15 bits per heavy atom. The quantitative estimate of drug-likeness (QED) is 0.653. The summed E-state index contributed by atoms with van der Waals surface area (Å²) in [5.74, 6) is 2.54. The summed E-state index contributed by atoms with van der Waals surface area (Å²) >= 11 is 0. The van der Waals surface area contributed by atoms with E-state index in [0.29, 0.717) is 6.10 Å². The molecular weight excluding hydrogens is 250 g/mol. The Kier molecular flexibility index (Phi) is 3.68. The summed E-state index contributed by atoms with van der Waals surface area (Å²) in [5, 5.41) is 12.4. The van der Waals surface area contributed by atoms with Gasteiger partial charge in [-0.05, 0) is 50.0 Å². The first-order chi connectivity index (χ1) is 9.69. The fourth-order valence-electron chi connectivity index (χ4n) is 3.47. The highest BCUT2D eigenvalue weighted by Crippen LogP contribution is 2.35. The molecule has 3 nitrogen and oxygen atoms in total. The summed E-state index contributed by atoms with van der Waals surface area (Å²) in [7, 11) is 0. The summed E-state index contributed by atoms with van der Waals surface area (Å²) in [5.41, 5.74) is 3.06. The minimum Gasteiger partial charge on any atom is -0.490 e. The molecule has 0 saturated heterocycles. The van der Waals surface area contributed by atoms with Crippen LogP contribution in [-0.2, 0) is 6.42 Å². The van der Waals surface area contributed by atoms with Crippen LogP contribution in [0.2, 0.25) is 0 Å². The van der Waals surface area contributed by atoms with Crippen LogP contribution in [0.25, 0.3) is 0 Å². The minimum absolute atomic E-state index is 0.336. The predicted molar refractivity (Wildman–Crippen MR) is 79.7 cm³/mol. The van der Waals surface area contributed by atoms with Gasteiger partial charge in [-0.2, -0.15) is 0 Å². The smallest absolute Gasteiger partial charge is 0.123 e. The SMILES string of the molecule is CC1CCC(Oc2cccc3c2CCC3=NO)CC1C. The standard InChI is InChI=1S/C17H23NO2/c1-11-6-7-13(10-12(11)2)20-17-5-3-4-14-15(17)8-9-16(14)18-19/h3-5,11-13,19H,6-10H2,1-2H3. The Bertz CT molecular complexity index is 524. The maximum Gasteiger partial charge on any atom is 0.123 e. The van der Waals surface area contributed by atoms with Gasteiger partial charge in [0.05, 0.1) is 11.8 Å². The molecule has 1 aromatic rings. The fraction of sp³-hybridized carbons (Fsp3) is 0.588. The molecule has 0 spiro atoms. The third kappa shape index (κ3) is 2.41. The number of hydrogen-bond donors (Lipinski definition) is 1. The zero-order valence-electron chi connectivity index (χ0n) is 12.3. The molecule has 0 aliphatic heterocycles.